The van der Waals surface area contributed by atoms with Crippen LogP contribution in [-0.4, -0.2) is 34.6 Å². The van der Waals surface area contributed by atoms with Gasteiger partial charge in [0.15, 0.2) is 6.10 Å². The number of esters is 1. The summed E-state index contributed by atoms with van der Waals surface area (Å²) in [6.07, 6.45) is -0.520. The molecule has 0 spiro atoms. The first-order valence-corrected chi connectivity index (χ1v) is 9.48. The van der Waals surface area contributed by atoms with Crippen LogP contribution < -0.4 is 10.2 Å². The van der Waals surface area contributed by atoms with Crippen LogP contribution in [0.25, 0.3) is 0 Å². The van der Waals surface area contributed by atoms with Gasteiger partial charge in [0, 0.05) is 12.0 Å². The van der Waals surface area contributed by atoms with Crippen LogP contribution in [0, 0.1) is 13.8 Å². The summed E-state index contributed by atoms with van der Waals surface area (Å²) in [6.45, 7) is 8.42. The lowest BCUT2D eigenvalue weighted by Crippen LogP contribution is -2.60. The molecule has 8 nitrogen and oxygen atoms in total. The third kappa shape index (κ3) is 3.87. The van der Waals surface area contributed by atoms with Gasteiger partial charge in [0.1, 0.15) is 11.3 Å². The van der Waals surface area contributed by atoms with E-state index in [4.69, 9.17) is 9.26 Å². The van der Waals surface area contributed by atoms with Gasteiger partial charge >= 0.3 is 5.97 Å². The highest BCUT2D eigenvalue weighted by atomic mass is 16.5. The number of rotatable bonds is 5. The number of carbonyl (C=O) groups excluding carboxylic acids is 3. The minimum atomic E-state index is -1.12. The van der Waals surface area contributed by atoms with Gasteiger partial charge in [-0.15, -0.1) is 0 Å². The summed E-state index contributed by atoms with van der Waals surface area (Å²) in [6, 6.07) is 7.04. The first kappa shape index (κ1) is 20.6. The zero-order valence-corrected chi connectivity index (χ0v) is 17.2. The molecule has 1 aliphatic rings. The van der Waals surface area contributed by atoms with Crippen LogP contribution in [0.4, 0.5) is 11.4 Å². The van der Waals surface area contributed by atoms with Crippen molar-refractivity contribution in [3.63, 3.8) is 0 Å². The predicted molar refractivity (Wildman–Crippen MR) is 106 cm³/mol. The Labute approximate surface area is 169 Å². The standard InChI is InChI=1S/C21H25N3O5/c1-12-15(13(2)29-23-12)10-11-18(25)28-14(3)19(26)24-17-9-7-6-8-16(17)22-20(27)21(24,4)5/h6-9,14H,10-11H2,1-5H3,(H,22,27). The number of anilines is 2. The molecule has 0 radical (unpaired) electrons. The van der Waals surface area contributed by atoms with E-state index in [0.29, 0.717) is 23.6 Å². The van der Waals surface area contributed by atoms with Gasteiger partial charge in [0.05, 0.1) is 17.1 Å². The molecule has 1 atom stereocenters. The fraction of sp³-hybridized carbons (Fsp3) is 0.429. The summed E-state index contributed by atoms with van der Waals surface area (Å²) in [5.74, 6) is -0.597. The molecule has 1 aromatic carbocycles. The van der Waals surface area contributed by atoms with Crippen molar-refractivity contribution in [1.29, 1.82) is 0 Å². The van der Waals surface area contributed by atoms with E-state index < -0.39 is 23.5 Å². The molecule has 1 unspecified atom stereocenters. The Kier molecular flexibility index (Phi) is 5.46. The number of nitrogens with one attached hydrogen (secondary N) is 1. The maximum Gasteiger partial charge on any atom is 0.306 e. The summed E-state index contributed by atoms with van der Waals surface area (Å²) in [4.78, 5) is 39.4. The molecule has 0 saturated heterocycles. The zero-order chi connectivity index (χ0) is 21.3. The van der Waals surface area contributed by atoms with Crippen LogP contribution in [0.3, 0.4) is 0 Å². The van der Waals surface area contributed by atoms with Crippen LogP contribution in [0.5, 0.6) is 0 Å². The first-order valence-electron chi connectivity index (χ1n) is 9.48. The fourth-order valence-corrected chi connectivity index (χ4v) is 3.42. The Morgan fingerprint density at radius 3 is 2.62 bits per heavy atom. The molecule has 29 heavy (non-hydrogen) atoms. The van der Waals surface area contributed by atoms with Gasteiger partial charge in [0.2, 0.25) is 5.91 Å². The van der Waals surface area contributed by atoms with Gasteiger partial charge < -0.3 is 14.6 Å². The third-order valence-electron chi connectivity index (χ3n) is 5.14. The number of para-hydroxylation sites is 2. The van der Waals surface area contributed by atoms with Crippen molar-refractivity contribution in [2.24, 2.45) is 0 Å². The molecule has 2 aromatic rings. The Morgan fingerprint density at radius 1 is 1.28 bits per heavy atom. The van der Waals surface area contributed by atoms with Gasteiger partial charge in [-0.2, -0.15) is 0 Å². The van der Waals surface area contributed by atoms with E-state index in [9.17, 15) is 14.4 Å². The zero-order valence-electron chi connectivity index (χ0n) is 17.2. The lowest BCUT2D eigenvalue weighted by molar-refractivity contribution is -0.154. The van der Waals surface area contributed by atoms with Gasteiger partial charge in [-0.1, -0.05) is 17.3 Å². The Balaban J connectivity index is 1.72. The molecule has 2 amide bonds. The van der Waals surface area contributed by atoms with Crippen molar-refractivity contribution < 1.29 is 23.6 Å². The summed E-state index contributed by atoms with van der Waals surface area (Å²) in [5, 5.41) is 6.67. The minimum Gasteiger partial charge on any atom is -0.453 e. The van der Waals surface area contributed by atoms with Crippen molar-refractivity contribution in [2.45, 2.75) is 59.1 Å². The van der Waals surface area contributed by atoms with Gasteiger partial charge in [0.25, 0.3) is 5.91 Å². The van der Waals surface area contributed by atoms with Crippen LogP contribution in [0.2, 0.25) is 0 Å². The van der Waals surface area contributed by atoms with Crippen LogP contribution in [0.1, 0.15) is 44.2 Å². The number of nitrogens with zero attached hydrogens (tertiary/aromatic N) is 2. The first-order chi connectivity index (χ1) is 13.6. The number of ether oxygens (including phenoxy) is 1. The maximum absolute atomic E-state index is 13.1. The second-order valence-corrected chi connectivity index (χ2v) is 7.64. The number of hydrogen-bond acceptors (Lipinski definition) is 6. The normalized spacial score (nSPS) is 16.0. The van der Waals surface area contributed by atoms with Crippen LogP contribution in [0.15, 0.2) is 28.8 Å². The van der Waals surface area contributed by atoms with E-state index in [2.05, 4.69) is 10.5 Å². The van der Waals surface area contributed by atoms with E-state index in [-0.39, 0.29) is 12.3 Å². The van der Waals surface area contributed by atoms with E-state index in [1.54, 1.807) is 45.0 Å². The number of aromatic nitrogens is 1. The number of amides is 2. The molecule has 0 fully saturated rings. The second-order valence-electron chi connectivity index (χ2n) is 7.64. The number of carbonyl (C=O) groups is 3. The highest BCUT2D eigenvalue weighted by molar-refractivity contribution is 6.15. The summed E-state index contributed by atoms with van der Waals surface area (Å²) < 4.78 is 10.5. The molecule has 1 N–H and O–H groups in total. The van der Waals surface area contributed by atoms with Gasteiger partial charge in [-0.25, -0.2) is 0 Å². The van der Waals surface area contributed by atoms with Gasteiger partial charge in [-0.05, 0) is 53.2 Å². The molecule has 0 bridgehead atoms. The summed E-state index contributed by atoms with van der Waals surface area (Å²) >= 11 is 0. The molecule has 1 aromatic heterocycles. The van der Waals surface area contributed by atoms with Crippen molar-refractivity contribution in [1.82, 2.24) is 5.16 Å². The Bertz CT molecular complexity index is 943. The number of aryl methyl sites for hydroxylation is 2. The van der Waals surface area contributed by atoms with Crippen LogP contribution >= 0.6 is 0 Å². The molecule has 0 aliphatic carbocycles. The fourth-order valence-electron chi connectivity index (χ4n) is 3.42. The average Bonchev–Trinajstić information content (AvgIpc) is 2.98. The quantitative estimate of drug-likeness (QED) is 0.776. The second kappa shape index (κ2) is 7.69. The predicted octanol–water partition coefficient (Wildman–Crippen LogP) is 2.92. The van der Waals surface area contributed by atoms with E-state index in [1.165, 1.54) is 11.8 Å². The van der Waals surface area contributed by atoms with Crippen molar-refractivity contribution in [3.05, 3.63) is 41.3 Å². The molecule has 0 saturated carbocycles. The van der Waals surface area contributed by atoms with E-state index in [0.717, 1.165) is 11.3 Å². The minimum absolute atomic E-state index is 0.0982. The highest BCUT2D eigenvalue weighted by Crippen LogP contribution is 2.37. The lowest BCUT2D eigenvalue weighted by atomic mass is 9.95. The molecule has 154 valence electrons. The largest absolute Gasteiger partial charge is 0.453 e. The van der Waals surface area contributed by atoms with Crippen molar-refractivity contribution >= 4 is 29.2 Å². The monoisotopic (exact) mass is 399 g/mol. The maximum atomic E-state index is 13.1. The van der Waals surface area contributed by atoms with Gasteiger partial charge in [-0.3, -0.25) is 19.3 Å². The Hall–Kier alpha value is -3.16. The molecule has 3 rings (SSSR count). The van der Waals surface area contributed by atoms with Crippen molar-refractivity contribution in [3.8, 4) is 0 Å². The SMILES string of the molecule is Cc1noc(C)c1CCC(=O)OC(C)C(=O)N1c2ccccc2NC(=O)C1(C)C. The average molecular weight is 399 g/mol. The van der Waals surface area contributed by atoms with Crippen molar-refractivity contribution in [2.75, 3.05) is 10.2 Å². The number of fused-ring (bicyclic) bond motifs is 1. The van der Waals surface area contributed by atoms with E-state index in [1.807, 2.05) is 6.92 Å². The topological polar surface area (TPSA) is 102 Å². The van der Waals surface area contributed by atoms with Crippen LogP contribution in [-0.2, 0) is 25.5 Å². The molecule has 8 heteroatoms. The molecular weight excluding hydrogens is 374 g/mol. The molecule has 1 aliphatic heterocycles. The number of hydrogen-bond donors (Lipinski definition) is 1. The molecule has 2 heterocycles. The highest BCUT2D eigenvalue weighted by Gasteiger charge is 2.45. The Morgan fingerprint density at radius 2 is 1.97 bits per heavy atom. The van der Waals surface area contributed by atoms with E-state index >= 15 is 0 Å². The third-order valence-corrected chi connectivity index (χ3v) is 5.14. The summed E-state index contributed by atoms with van der Waals surface area (Å²) in [5.41, 5.74) is 1.59. The molecular formula is C21H25N3O5. The lowest BCUT2D eigenvalue weighted by Gasteiger charge is -2.42. The smallest absolute Gasteiger partial charge is 0.306 e. The summed E-state index contributed by atoms with van der Waals surface area (Å²) in [7, 11) is 0. The number of benzene rings is 1.